The van der Waals surface area contributed by atoms with Crippen molar-refractivity contribution in [3.8, 4) is 0 Å². The fourth-order valence-electron chi connectivity index (χ4n) is 2.16. The molecule has 1 heterocycles. The Bertz CT molecular complexity index is 619. The van der Waals surface area contributed by atoms with Gasteiger partial charge in [-0.25, -0.2) is 4.79 Å². The van der Waals surface area contributed by atoms with Crippen LogP contribution in [0.3, 0.4) is 0 Å². The molecule has 0 saturated carbocycles. The number of carbonyl (C=O) groups excluding carboxylic acids is 3. The van der Waals surface area contributed by atoms with Crippen LogP contribution < -0.4 is 10.0 Å². The SMILES string of the molecule is COC(=O)c1c(C)cccc1[S+]([O-])NC1CCC(=O)NC1=O. The number of nitrogens with one attached hydrogen (secondary N) is 2. The van der Waals surface area contributed by atoms with Crippen LogP contribution >= 0.6 is 0 Å². The average Bonchev–Trinajstić information content (AvgIpc) is 2.49. The lowest BCUT2D eigenvalue weighted by molar-refractivity contribution is -0.134. The third-order valence-electron chi connectivity index (χ3n) is 3.31. The first-order valence-electron chi connectivity index (χ1n) is 6.63. The third-order valence-corrected chi connectivity index (χ3v) is 4.55. The Morgan fingerprint density at radius 3 is 2.82 bits per heavy atom. The van der Waals surface area contributed by atoms with E-state index in [1.807, 2.05) is 0 Å². The Hall–Kier alpha value is -1.90. The van der Waals surface area contributed by atoms with E-state index in [0.29, 0.717) is 5.56 Å². The number of piperidine rings is 1. The van der Waals surface area contributed by atoms with Gasteiger partial charge in [-0.05, 0) is 25.0 Å². The third kappa shape index (κ3) is 3.46. The smallest absolute Gasteiger partial charge is 0.343 e. The molecule has 1 aromatic carbocycles. The summed E-state index contributed by atoms with van der Waals surface area (Å²) in [6.07, 6.45) is 0.439. The molecule has 8 heteroatoms. The molecule has 118 valence electrons. The van der Waals surface area contributed by atoms with Crippen molar-refractivity contribution >= 4 is 29.1 Å². The highest BCUT2D eigenvalue weighted by Gasteiger charge is 2.33. The summed E-state index contributed by atoms with van der Waals surface area (Å²) in [5.74, 6) is -1.46. The minimum atomic E-state index is -1.78. The molecule has 0 aliphatic carbocycles. The molecule has 1 fully saturated rings. The fraction of sp³-hybridized carbons (Fsp3) is 0.357. The normalized spacial score (nSPS) is 19.5. The molecule has 1 aliphatic heterocycles. The number of ether oxygens (including phenoxy) is 1. The van der Waals surface area contributed by atoms with Crippen LogP contribution in [0.2, 0.25) is 0 Å². The molecule has 2 atom stereocenters. The number of imide groups is 1. The summed E-state index contributed by atoms with van der Waals surface area (Å²) < 4.78 is 19.8. The van der Waals surface area contributed by atoms with Crippen molar-refractivity contribution in [1.82, 2.24) is 10.0 Å². The van der Waals surface area contributed by atoms with Crippen molar-refractivity contribution in [2.75, 3.05) is 7.11 Å². The summed E-state index contributed by atoms with van der Waals surface area (Å²) in [4.78, 5) is 34.9. The van der Waals surface area contributed by atoms with Gasteiger partial charge in [-0.1, -0.05) is 12.1 Å². The molecular formula is C14H16N2O5S. The summed E-state index contributed by atoms with van der Waals surface area (Å²) in [6, 6.07) is 4.17. The van der Waals surface area contributed by atoms with Crippen LogP contribution in [0.5, 0.6) is 0 Å². The zero-order valence-corrected chi connectivity index (χ0v) is 13.0. The number of benzene rings is 1. The molecule has 2 rings (SSSR count). The second kappa shape index (κ2) is 6.91. The van der Waals surface area contributed by atoms with E-state index in [2.05, 4.69) is 10.0 Å². The van der Waals surface area contributed by atoms with Gasteiger partial charge in [0.15, 0.2) is 4.90 Å². The van der Waals surface area contributed by atoms with Crippen LogP contribution in [0.4, 0.5) is 0 Å². The summed E-state index contributed by atoms with van der Waals surface area (Å²) in [5.41, 5.74) is 0.839. The summed E-state index contributed by atoms with van der Waals surface area (Å²) in [6.45, 7) is 1.71. The predicted octanol–water partition coefficient (Wildman–Crippen LogP) is 0.199. The molecule has 1 aromatic rings. The number of amides is 2. The van der Waals surface area contributed by atoms with E-state index in [4.69, 9.17) is 4.74 Å². The predicted molar refractivity (Wildman–Crippen MR) is 78.2 cm³/mol. The van der Waals surface area contributed by atoms with Gasteiger partial charge in [-0.2, -0.15) is 0 Å². The highest BCUT2D eigenvalue weighted by Crippen LogP contribution is 2.21. The standard InChI is InChI=1S/C14H16N2O5S/c1-8-4-3-5-10(12(8)14(19)21-2)22(20)16-9-6-7-11(17)15-13(9)18/h3-5,9,16H,6-7H2,1-2H3,(H,15,17,18). The first kappa shape index (κ1) is 16.5. The minimum Gasteiger partial charge on any atom is -0.593 e. The van der Waals surface area contributed by atoms with E-state index in [-0.39, 0.29) is 29.2 Å². The highest BCUT2D eigenvalue weighted by atomic mass is 32.2. The Kier molecular flexibility index (Phi) is 5.17. The van der Waals surface area contributed by atoms with E-state index >= 15 is 0 Å². The zero-order valence-electron chi connectivity index (χ0n) is 12.2. The molecule has 0 radical (unpaired) electrons. The Morgan fingerprint density at radius 2 is 2.18 bits per heavy atom. The number of aryl methyl sites for hydroxylation is 1. The Labute approximate surface area is 130 Å². The number of hydrogen-bond donors (Lipinski definition) is 2. The molecule has 1 saturated heterocycles. The van der Waals surface area contributed by atoms with E-state index < -0.39 is 29.3 Å². The van der Waals surface area contributed by atoms with Gasteiger partial charge in [0.25, 0.3) is 0 Å². The molecule has 7 nitrogen and oxygen atoms in total. The molecule has 22 heavy (non-hydrogen) atoms. The molecule has 1 aliphatic rings. The second-order valence-electron chi connectivity index (χ2n) is 4.83. The van der Waals surface area contributed by atoms with Gasteiger partial charge in [0.05, 0.1) is 18.5 Å². The maximum Gasteiger partial charge on any atom is 0.343 e. The van der Waals surface area contributed by atoms with Crippen LogP contribution in [-0.4, -0.2) is 35.5 Å². The number of methoxy groups -OCH3 is 1. The van der Waals surface area contributed by atoms with Crippen molar-refractivity contribution in [1.29, 1.82) is 0 Å². The van der Waals surface area contributed by atoms with Crippen LogP contribution in [0, 0.1) is 6.92 Å². The summed E-state index contributed by atoms with van der Waals surface area (Å²) in [7, 11) is 1.25. The van der Waals surface area contributed by atoms with Gasteiger partial charge in [0.1, 0.15) is 11.6 Å². The molecular weight excluding hydrogens is 308 g/mol. The molecule has 2 unspecified atom stereocenters. The largest absolute Gasteiger partial charge is 0.593 e. The van der Waals surface area contributed by atoms with E-state index in [0.717, 1.165) is 0 Å². The summed E-state index contributed by atoms with van der Waals surface area (Å²) in [5, 5.41) is 2.18. The first-order chi connectivity index (χ1) is 10.4. The lowest BCUT2D eigenvalue weighted by Crippen LogP contribution is -2.52. The number of hydrogen-bond acceptors (Lipinski definition) is 6. The number of rotatable bonds is 4. The van der Waals surface area contributed by atoms with Gasteiger partial charge < -0.3 is 9.29 Å². The monoisotopic (exact) mass is 324 g/mol. The van der Waals surface area contributed by atoms with E-state index in [9.17, 15) is 18.9 Å². The highest BCUT2D eigenvalue weighted by molar-refractivity contribution is 7.89. The molecule has 0 bridgehead atoms. The number of esters is 1. The molecule has 0 aromatic heterocycles. The van der Waals surface area contributed by atoms with Gasteiger partial charge in [0.2, 0.25) is 11.8 Å². The topological polar surface area (TPSA) is 108 Å². The van der Waals surface area contributed by atoms with Gasteiger partial charge in [-0.15, -0.1) is 4.72 Å². The Morgan fingerprint density at radius 1 is 1.45 bits per heavy atom. The maximum absolute atomic E-state index is 12.5. The van der Waals surface area contributed by atoms with Crippen LogP contribution in [0.1, 0.15) is 28.8 Å². The van der Waals surface area contributed by atoms with E-state index in [1.54, 1.807) is 19.1 Å². The van der Waals surface area contributed by atoms with Crippen molar-refractivity contribution in [3.63, 3.8) is 0 Å². The van der Waals surface area contributed by atoms with Gasteiger partial charge >= 0.3 is 5.97 Å². The first-order valence-corrected chi connectivity index (χ1v) is 7.78. The minimum absolute atomic E-state index is 0.179. The van der Waals surface area contributed by atoms with Crippen molar-refractivity contribution in [2.45, 2.75) is 30.7 Å². The van der Waals surface area contributed by atoms with Crippen LogP contribution in [-0.2, 0) is 25.7 Å². The number of carbonyl (C=O) groups is 3. The Balaban J connectivity index is 2.21. The molecule has 2 amide bonds. The zero-order chi connectivity index (χ0) is 16.3. The van der Waals surface area contributed by atoms with Gasteiger partial charge in [0, 0.05) is 6.42 Å². The van der Waals surface area contributed by atoms with Crippen molar-refractivity contribution < 1.29 is 23.7 Å². The lowest BCUT2D eigenvalue weighted by Gasteiger charge is -2.23. The summed E-state index contributed by atoms with van der Waals surface area (Å²) >= 11 is -1.78. The van der Waals surface area contributed by atoms with E-state index in [1.165, 1.54) is 13.2 Å². The lowest BCUT2D eigenvalue weighted by atomic mass is 10.1. The van der Waals surface area contributed by atoms with Gasteiger partial charge in [-0.3, -0.25) is 14.9 Å². The second-order valence-corrected chi connectivity index (χ2v) is 6.04. The fourth-order valence-corrected chi connectivity index (χ4v) is 3.40. The molecule has 2 N–H and O–H groups in total. The van der Waals surface area contributed by atoms with Crippen LogP contribution in [0.15, 0.2) is 23.1 Å². The average molecular weight is 324 g/mol. The van der Waals surface area contributed by atoms with Crippen molar-refractivity contribution in [2.24, 2.45) is 0 Å². The quantitative estimate of drug-likeness (QED) is 0.465. The molecule has 0 spiro atoms. The van der Waals surface area contributed by atoms with Crippen molar-refractivity contribution in [3.05, 3.63) is 29.3 Å². The van der Waals surface area contributed by atoms with Crippen LogP contribution in [0.25, 0.3) is 0 Å². The maximum atomic E-state index is 12.5.